The fraction of sp³-hybridized carbons (Fsp3) is 0.606. The maximum atomic E-state index is 14.8. The zero-order chi connectivity index (χ0) is 33.6. The monoisotopic (exact) mass is 669 g/mol. The van der Waals surface area contributed by atoms with Gasteiger partial charge in [0.15, 0.2) is 0 Å². The molecule has 4 aliphatic heterocycles. The lowest BCUT2D eigenvalue weighted by Crippen LogP contribution is -2.72. The summed E-state index contributed by atoms with van der Waals surface area (Å²) >= 11 is 0. The fourth-order valence-electron chi connectivity index (χ4n) is 8.30. The lowest BCUT2D eigenvalue weighted by Gasteiger charge is -2.50. The number of likely N-dealkylation sites (N-methyl/N-ethyl adjacent to an activating group) is 1. The van der Waals surface area contributed by atoms with Gasteiger partial charge >= 0.3 is 5.91 Å². The van der Waals surface area contributed by atoms with Crippen LogP contribution in [0.2, 0.25) is 0 Å². The lowest BCUT2D eigenvalue weighted by molar-refractivity contribution is -0.441. The first-order chi connectivity index (χ1) is 22.2. The minimum absolute atomic E-state index is 0.00842. The van der Waals surface area contributed by atoms with Crippen LogP contribution in [0.1, 0.15) is 58.1 Å². The van der Waals surface area contributed by atoms with Crippen LogP contribution in [0.5, 0.6) is 0 Å². The number of nitrogens with one attached hydrogen (secondary N) is 2. The van der Waals surface area contributed by atoms with Crippen LogP contribution in [0.3, 0.4) is 0 Å². The first-order valence-corrected chi connectivity index (χ1v) is 18.2. The highest BCUT2D eigenvalue weighted by Crippen LogP contribution is 2.51. The molecule has 5 aliphatic rings. The minimum Gasteiger partial charge on any atom is -0.361 e. The number of rotatable bonds is 8. The molecule has 6 unspecified atom stereocenters. The number of piperazine rings is 1. The Morgan fingerprint density at radius 2 is 1.98 bits per heavy atom. The summed E-state index contributed by atoms with van der Waals surface area (Å²) < 4.78 is 36.1. The van der Waals surface area contributed by atoms with Crippen LogP contribution in [0.25, 0.3) is 16.5 Å². The van der Waals surface area contributed by atoms with E-state index in [9.17, 15) is 22.8 Å². The summed E-state index contributed by atoms with van der Waals surface area (Å²) in [5.74, 6) is -4.73. The highest BCUT2D eigenvalue weighted by atomic mass is 32.2. The van der Waals surface area contributed by atoms with E-state index in [0.717, 1.165) is 34.7 Å². The van der Waals surface area contributed by atoms with Gasteiger partial charge in [-0.15, -0.1) is 4.33 Å². The summed E-state index contributed by atoms with van der Waals surface area (Å²) in [5, 5.41) is 4.12. The highest BCUT2D eigenvalue weighted by molar-refractivity contribution is 7.85. The van der Waals surface area contributed by atoms with E-state index < -0.39 is 57.5 Å². The Balaban J connectivity index is 1.29. The molecule has 2 N–H and O–H groups in total. The Bertz CT molecular complexity index is 1790. The number of amides is 3. The molecule has 2 aromatic rings. The highest BCUT2D eigenvalue weighted by Gasteiger charge is 2.74. The SMILES string of the molecule is CC(C)CC1C(=O)N2CCCC2C2(OOS(C)(=O)=O)OC(NC(=O)C3C=C4c5cccc6[nH]cc(c56)CC4N(C)C3)(C(C)C)C(=O)N12. The van der Waals surface area contributed by atoms with Crippen molar-refractivity contribution in [1.82, 2.24) is 25.0 Å². The third-order valence-corrected chi connectivity index (χ3v) is 10.7. The summed E-state index contributed by atoms with van der Waals surface area (Å²) in [4.78, 5) is 57.1. The van der Waals surface area contributed by atoms with Crippen molar-refractivity contribution in [2.45, 2.75) is 83.1 Å². The van der Waals surface area contributed by atoms with E-state index in [0.29, 0.717) is 25.9 Å². The number of hydrogen-bond donors (Lipinski definition) is 2. The van der Waals surface area contributed by atoms with Gasteiger partial charge in [-0.05, 0) is 61.4 Å². The molecule has 3 amide bonds. The van der Waals surface area contributed by atoms with Crippen molar-refractivity contribution in [1.29, 1.82) is 0 Å². The number of ether oxygens (including phenoxy) is 1. The average Bonchev–Trinajstić information content (AvgIpc) is 3.72. The first kappa shape index (κ1) is 32.3. The lowest BCUT2D eigenvalue weighted by atomic mass is 9.79. The average molecular weight is 670 g/mol. The largest absolute Gasteiger partial charge is 0.361 e. The van der Waals surface area contributed by atoms with Gasteiger partial charge in [-0.2, -0.15) is 13.3 Å². The summed E-state index contributed by atoms with van der Waals surface area (Å²) in [6.07, 6.45) is 6.94. The van der Waals surface area contributed by atoms with Crippen molar-refractivity contribution < 1.29 is 36.8 Å². The van der Waals surface area contributed by atoms with Gasteiger partial charge in [-0.1, -0.05) is 45.9 Å². The molecular weight excluding hydrogens is 626 g/mol. The van der Waals surface area contributed by atoms with Gasteiger partial charge in [0.25, 0.3) is 16.0 Å². The van der Waals surface area contributed by atoms with Gasteiger partial charge in [0.05, 0.1) is 12.2 Å². The summed E-state index contributed by atoms with van der Waals surface area (Å²) in [7, 11) is -2.17. The van der Waals surface area contributed by atoms with Crippen LogP contribution in [0.15, 0.2) is 30.5 Å². The van der Waals surface area contributed by atoms with E-state index in [1.165, 1.54) is 10.5 Å². The number of carbonyl (C=O) groups excluding carboxylic acids is 3. The van der Waals surface area contributed by atoms with Crippen molar-refractivity contribution >= 4 is 44.3 Å². The molecule has 0 radical (unpaired) electrons. The number of hydrogen-bond acceptors (Lipinski definition) is 9. The molecule has 7 rings (SSSR count). The topological polar surface area (TPSA) is 151 Å². The molecule has 14 heteroatoms. The van der Waals surface area contributed by atoms with Gasteiger partial charge in [0.1, 0.15) is 12.1 Å². The van der Waals surface area contributed by atoms with Crippen molar-refractivity contribution in [2.24, 2.45) is 17.8 Å². The molecule has 254 valence electrons. The Labute approximate surface area is 274 Å². The van der Waals surface area contributed by atoms with Gasteiger partial charge in [0, 0.05) is 42.1 Å². The van der Waals surface area contributed by atoms with Gasteiger partial charge in [-0.25, -0.2) is 0 Å². The number of nitrogens with zero attached hydrogens (tertiary/aromatic N) is 3. The Morgan fingerprint density at radius 1 is 1.21 bits per heavy atom. The van der Waals surface area contributed by atoms with Crippen LogP contribution in [0.4, 0.5) is 0 Å². The molecule has 3 fully saturated rings. The Hall–Kier alpha value is -3.30. The molecule has 6 atom stereocenters. The first-order valence-electron chi connectivity index (χ1n) is 16.4. The Morgan fingerprint density at radius 3 is 2.68 bits per heavy atom. The molecule has 47 heavy (non-hydrogen) atoms. The fourth-order valence-corrected chi connectivity index (χ4v) is 8.52. The minimum atomic E-state index is -4.16. The molecule has 1 aliphatic carbocycles. The van der Waals surface area contributed by atoms with Crippen LogP contribution < -0.4 is 5.32 Å². The second-order valence-electron chi connectivity index (χ2n) is 14.4. The van der Waals surface area contributed by atoms with Crippen LogP contribution in [0, 0.1) is 17.8 Å². The van der Waals surface area contributed by atoms with E-state index in [1.807, 2.05) is 39.1 Å². The molecule has 0 spiro atoms. The molecule has 0 bridgehead atoms. The van der Waals surface area contributed by atoms with Gasteiger partial charge in [-0.3, -0.25) is 28.9 Å². The molecular formula is C33H43N5O8S. The maximum Gasteiger partial charge on any atom is 0.309 e. The third kappa shape index (κ3) is 4.94. The van der Waals surface area contributed by atoms with E-state index in [1.54, 1.807) is 18.7 Å². The number of aromatic nitrogens is 1. The maximum absolute atomic E-state index is 14.8. The van der Waals surface area contributed by atoms with E-state index >= 15 is 0 Å². The molecule has 5 heterocycles. The molecule has 0 saturated carbocycles. The third-order valence-electron chi connectivity index (χ3n) is 10.4. The van der Waals surface area contributed by atoms with E-state index in [4.69, 9.17) is 14.0 Å². The van der Waals surface area contributed by atoms with Crippen LogP contribution in [-0.4, -0.2) is 102 Å². The predicted octanol–water partition coefficient (Wildman–Crippen LogP) is 2.35. The number of fused-ring (bicyclic) bond motifs is 5. The van der Waals surface area contributed by atoms with Crippen molar-refractivity contribution in [3.63, 3.8) is 0 Å². The van der Waals surface area contributed by atoms with Crippen molar-refractivity contribution in [3.05, 3.63) is 41.6 Å². The van der Waals surface area contributed by atoms with E-state index in [2.05, 4.69) is 27.5 Å². The number of aromatic amines is 1. The number of carbonyl (C=O) groups is 3. The Kier molecular flexibility index (Phi) is 7.63. The number of benzene rings is 1. The molecule has 13 nitrogen and oxygen atoms in total. The van der Waals surface area contributed by atoms with Crippen LogP contribution in [-0.2, 0) is 44.9 Å². The normalized spacial score (nSPS) is 32.2. The summed E-state index contributed by atoms with van der Waals surface area (Å²) in [6, 6.07) is 4.34. The summed E-state index contributed by atoms with van der Waals surface area (Å²) in [6.45, 7) is 8.15. The second kappa shape index (κ2) is 11.1. The zero-order valence-electron chi connectivity index (χ0n) is 27.6. The predicted molar refractivity (Wildman–Crippen MR) is 171 cm³/mol. The quantitative estimate of drug-likeness (QED) is 0.319. The van der Waals surface area contributed by atoms with Crippen molar-refractivity contribution in [2.75, 3.05) is 26.4 Å². The molecule has 1 aromatic heterocycles. The molecule has 3 saturated heterocycles. The zero-order valence-corrected chi connectivity index (χ0v) is 28.4. The standard InChI is InChI=1S/C33H43N5O8S/c1-18(2)13-26-30(40)37-12-8-11-27(37)33(45-46-47(6,42)43)38(26)31(41)32(44-33,19(3)4)35-29(39)21-14-23-22-9-7-10-24-28(22)20(16-34-24)15-25(23)36(5)17-21/h7,9-10,14,16,18-19,21,25-27,34H,8,11-13,15,17H2,1-6H3,(H,35,39). The molecule has 1 aromatic carbocycles. The number of H-pyrrole nitrogens is 1. The van der Waals surface area contributed by atoms with Gasteiger partial charge < -0.3 is 15.2 Å². The smallest absolute Gasteiger partial charge is 0.309 e. The second-order valence-corrected chi connectivity index (χ2v) is 16.0. The summed E-state index contributed by atoms with van der Waals surface area (Å²) in [5.41, 5.74) is 2.43. The van der Waals surface area contributed by atoms with Crippen molar-refractivity contribution in [3.8, 4) is 0 Å². The van der Waals surface area contributed by atoms with Gasteiger partial charge in [0.2, 0.25) is 17.5 Å². The van der Waals surface area contributed by atoms with Crippen LogP contribution >= 0.6 is 0 Å². The van der Waals surface area contributed by atoms with E-state index in [-0.39, 0.29) is 24.3 Å².